The second kappa shape index (κ2) is 7.18. The summed E-state index contributed by atoms with van der Waals surface area (Å²) in [7, 11) is 0. The second-order valence-electron chi connectivity index (χ2n) is 5.50. The van der Waals surface area contributed by atoms with Gasteiger partial charge in [-0.25, -0.2) is 0 Å². The number of hydrogen-bond acceptors (Lipinski definition) is 3. The molecular weight excluding hydrogens is 260 g/mol. The van der Waals surface area contributed by atoms with Crippen molar-refractivity contribution in [1.29, 1.82) is 0 Å². The number of rotatable bonds is 7. The van der Waals surface area contributed by atoms with Crippen LogP contribution < -0.4 is 5.32 Å². The van der Waals surface area contributed by atoms with Crippen LogP contribution in [0.4, 0.5) is 0 Å². The van der Waals surface area contributed by atoms with E-state index in [2.05, 4.69) is 48.1 Å². The smallest absolute Gasteiger partial charge is 0.0638 e. The lowest BCUT2D eigenvalue weighted by atomic mass is 10.1. The Balaban J connectivity index is 1.90. The molecule has 0 aliphatic rings. The molecule has 4 nitrogen and oxygen atoms in total. The minimum atomic E-state index is 0.376. The lowest BCUT2D eigenvalue weighted by Crippen LogP contribution is -2.28. The van der Waals surface area contributed by atoms with Crippen molar-refractivity contribution < 1.29 is 0 Å². The molecule has 0 aromatic carbocycles. The van der Waals surface area contributed by atoms with Crippen LogP contribution in [-0.2, 0) is 19.5 Å². The van der Waals surface area contributed by atoms with Crippen molar-refractivity contribution in [2.45, 2.75) is 46.3 Å². The van der Waals surface area contributed by atoms with Gasteiger partial charge in [0, 0.05) is 42.7 Å². The Morgan fingerprint density at radius 1 is 1.43 bits per heavy atom. The van der Waals surface area contributed by atoms with Crippen LogP contribution in [0.1, 0.15) is 29.4 Å². The second-order valence-corrected chi connectivity index (χ2v) is 5.50. The molecule has 21 heavy (non-hydrogen) atoms. The molecule has 0 radical (unpaired) electrons. The van der Waals surface area contributed by atoms with Crippen LogP contribution in [0, 0.1) is 13.8 Å². The first-order valence-electron chi connectivity index (χ1n) is 7.38. The number of aromatic nitrogens is 3. The standard InChI is InChI=1S/C17H24N4/c1-5-9-21-12-16(15(4)20-21)11-19-14(3)10-17-13(2)7-6-8-18-17/h5-8,12,14,19H,1,9-11H2,2-4H3/t14-/m1/s1. The zero-order valence-electron chi connectivity index (χ0n) is 13.1. The number of nitrogens with one attached hydrogen (secondary N) is 1. The molecule has 0 aliphatic carbocycles. The molecular formula is C17H24N4. The van der Waals surface area contributed by atoms with E-state index in [0.29, 0.717) is 6.04 Å². The molecule has 1 atom stereocenters. The maximum atomic E-state index is 4.47. The van der Waals surface area contributed by atoms with Crippen molar-refractivity contribution in [2.24, 2.45) is 0 Å². The molecule has 0 aliphatic heterocycles. The first kappa shape index (κ1) is 15.4. The van der Waals surface area contributed by atoms with Gasteiger partial charge in [0.25, 0.3) is 0 Å². The van der Waals surface area contributed by atoms with E-state index in [1.807, 2.05) is 29.9 Å². The van der Waals surface area contributed by atoms with E-state index in [1.165, 1.54) is 11.1 Å². The quantitative estimate of drug-likeness (QED) is 0.795. The van der Waals surface area contributed by atoms with E-state index in [1.54, 1.807) is 0 Å². The Hall–Kier alpha value is -1.94. The fraction of sp³-hybridized carbons (Fsp3) is 0.412. The molecule has 1 N–H and O–H groups in total. The Kier molecular flexibility index (Phi) is 5.28. The third kappa shape index (κ3) is 4.26. The van der Waals surface area contributed by atoms with Crippen LogP contribution in [0.2, 0.25) is 0 Å². The molecule has 2 aromatic rings. The van der Waals surface area contributed by atoms with E-state index in [4.69, 9.17) is 0 Å². The Bertz CT molecular complexity index is 601. The number of hydrogen-bond donors (Lipinski definition) is 1. The van der Waals surface area contributed by atoms with Crippen LogP contribution in [0.3, 0.4) is 0 Å². The highest BCUT2D eigenvalue weighted by Gasteiger charge is 2.09. The fourth-order valence-corrected chi connectivity index (χ4v) is 2.34. The van der Waals surface area contributed by atoms with Gasteiger partial charge < -0.3 is 5.32 Å². The molecule has 0 fully saturated rings. The molecule has 4 heteroatoms. The third-order valence-electron chi connectivity index (χ3n) is 3.62. The topological polar surface area (TPSA) is 42.7 Å². The fourth-order valence-electron chi connectivity index (χ4n) is 2.34. The molecule has 0 unspecified atom stereocenters. The first-order valence-corrected chi connectivity index (χ1v) is 7.38. The van der Waals surface area contributed by atoms with Gasteiger partial charge in [-0.3, -0.25) is 9.67 Å². The predicted octanol–water partition coefficient (Wildman–Crippen LogP) is 2.80. The van der Waals surface area contributed by atoms with Crippen LogP contribution >= 0.6 is 0 Å². The summed E-state index contributed by atoms with van der Waals surface area (Å²) in [5.41, 5.74) is 4.73. The minimum absolute atomic E-state index is 0.376. The summed E-state index contributed by atoms with van der Waals surface area (Å²) >= 11 is 0. The Morgan fingerprint density at radius 3 is 2.95 bits per heavy atom. The Morgan fingerprint density at radius 2 is 2.24 bits per heavy atom. The summed E-state index contributed by atoms with van der Waals surface area (Å²) in [6, 6.07) is 4.47. The van der Waals surface area contributed by atoms with E-state index in [-0.39, 0.29) is 0 Å². The SMILES string of the molecule is C=CCn1cc(CN[C@H](C)Cc2ncccc2C)c(C)n1. The summed E-state index contributed by atoms with van der Waals surface area (Å²) in [6.45, 7) is 11.7. The Labute approximate surface area is 126 Å². The number of aryl methyl sites for hydroxylation is 2. The molecule has 0 bridgehead atoms. The highest BCUT2D eigenvalue weighted by atomic mass is 15.3. The molecule has 0 spiro atoms. The maximum absolute atomic E-state index is 4.47. The van der Waals surface area contributed by atoms with Gasteiger partial charge in [0.2, 0.25) is 0 Å². The van der Waals surface area contributed by atoms with Gasteiger partial charge in [-0.15, -0.1) is 6.58 Å². The van der Waals surface area contributed by atoms with Gasteiger partial charge in [-0.2, -0.15) is 5.10 Å². The van der Waals surface area contributed by atoms with Crippen LogP contribution in [0.25, 0.3) is 0 Å². The van der Waals surface area contributed by atoms with Crippen molar-refractivity contribution in [3.8, 4) is 0 Å². The normalized spacial score (nSPS) is 12.3. The van der Waals surface area contributed by atoms with Crippen molar-refractivity contribution in [3.05, 3.63) is 59.7 Å². The van der Waals surface area contributed by atoms with Crippen molar-refractivity contribution in [2.75, 3.05) is 0 Å². The monoisotopic (exact) mass is 284 g/mol. The van der Waals surface area contributed by atoms with Gasteiger partial charge in [0.05, 0.1) is 12.2 Å². The highest BCUT2D eigenvalue weighted by molar-refractivity contribution is 5.19. The molecule has 2 rings (SSSR count). The van der Waals surface area contributed by atoms with Gasteiger partial charge in [-0.1, -0.05) is 12.1 Å². The van der Waals surface area contributed by atoms with Crippen molar-refractivity contribution in [3.63, 3.8) is 0 Å². The van der Waals surface area contributed by atoms with Gasteiger partial charge in [-0.05, 0) is 32.4 Å². The maximum Gasteiger partial charge on any atom is 0.0638 e. The van der Waals surface area contributed by atoms with Gasteiger partial charge in [0.1, 0.15) is 0 Å². The van der Waals surface area contributed by atoms with Crippen LogP contribution in [0.5, 0.6) is 0 Å². The number of nitrogens with zero attached hydrogens (tertiary/aromatic N) is 3. The first-order chi connectivity index (χ1) is 10.1. The molecule has 112 valence electrons. The van der Waals surface area contributed by atoms with E-state index in [0.717, 1.165) is 30.9 Å². The molecule has 2 heterocycles. The van der Waals surface area contributed by atoms with Gasteiger partial charge >= 0.3 is 0 Å². The summed E-state index contributed by atoms with van der Waals surface area (Å²) in [5.74, 6) is 0. The van der Waals surface area contributed by atoms with E-state index in [9.17, 15) is 0 Å². The molecule has 2 aromatic heterocycles. The zero-order chi connectivity index (χ0) is 15.2. The zero-order valence-corrected chi connectivity index (χ0v) is 13.1. The van der Waals surface area contributed by atoms with Crippen molar-refractivity contribution >= 4 is 0 Å². The largest absolute Gasteiger partial charge is 0.310 e. The van der Waals surface area contributed by atoms with Crippen LogP contribution in [0.15, 0.2) is 37.2 Å². The summed E-state index contributed by atoms with van der Waals surface area (Å²) in [6.07, 6.45) is 6.74. The average molecular weight is 284 g/mol. The summed E-state index contributed by atoms with van der Waals surface area (Å²) < 4.78 is 1.92. The molecule has 0 saturated heterocycles. The summed E-state index contributed by atoms with van der Waals surface area (Å²) in [4.78, 5) is 4.45. The lowest BCUT2D eigenvalue weighted by molar-refractivity contribution is 0.538. The average Bonchev–Trinajstić information content (AvgIpc) is 2.80. The predicted molar refractivity (Wildman–Crippen MR) is 86.1 cm³/mol. The number of allylic oxidation sites excluding steroid dienone is 1. The lowest BCUT2D eigenvalue weighted by Gasteiger charge is -2.14. The third-order valence-corrected chi connectivity index (χ3v) is 3.62. The molecule has 0 amide bonds. The number of pyridine rings is 1. The van der Waals surface area contributed by atoms with E-state index >= 15 is 0 Å². The van der Waals surface area contributed by atoms with Crippen LogP contribution in [-0.4, -0.2) is 20.8 Å². The molecule has 0 saturated carbocycles. The highest BCUT2D eigenvalue weighted by Crippen LogP contribution is 2.09. The van der Waals surface area contributed by atoms with E-state index < -0.39 is 0 Å². The summed E-state index contributed by atoms with van der Waals surface area (Å²) in [5, 5.41) is 8.02. The minimum Gasteiger partial charge on any atom is -0.310 e. The van der Waals surface area contributed by atoms with Crippen molar-refractivity contribution in [1.82, 2.24) is 20.1 Å². The van der Waals surface area contributed by atoms with Gasteiger partial charge in [0.15, 0.2) is 0 Å².